The number of nitrogens with zero attached hydrogens (tertiary/aromatic N) is 2. The second-order valence-electron chi connectivity index (χ2n) is 9.42. The summed E-state index contributed by atoms with van der Waals surface area (Å²) in [4.78, 5) is 43.7. The fourth-order valence-corrected chi connectivity index (χ4v) is 4.66. The summed E-state index contributed by atoms with van der Waals surface area (Å²) in [5.41, 5.74) is 4.71. The molecule has 3 aromatic rings. The Morgan fingerprint density at radius 3 is 2.69 bits per heavy atom. The predicted molar refractivity (Wildman–Crippen MR) is 141 cm³/mol. The van der Waals surface area contributed by atoms with Crippen LogP contribution in [0.1, 0.15) is 48.1 Å². The molecule has 0 aliphatic heterocycles. The molecule has 8 heteroatoms. The first kappa shape index (κ1) is 25.3. The zero-order valence-corrected chi connectivity index (χ0v) is 21.2. The van der Waals surface area contributed by atoms with Crippen LogP contribution in [0.15, 0.2) is 53.5 Å². The minimum atomic E-state index is -0.494. The fourth-order valence-electron chi connectivity index (χ4n) is 4.66. The SMILES string of the molecule is CN[C@@H](C)C(=O)Nc1cnc(-c2ccc(C)cc2C)n(CC(=O)N[C@@H]2CCCc3ccccc32)c1=O. The van der Waals surface area contributed by atoms with Gasteiger partial charge in [-0.1, -0.05) is 48.0 Å². The molecule has 0 radical (unpaired) electrons. The number of likely N-dealkylation sites (N-methyl/N-ethyl adjacent to an activating group) is 1. The standard InChI is InChI=1S/C28H33N5O3/c1-17-12-13-21(18(2)14-17)26-30-15-24(32-27(35)19(3)29-4)28(36)33(26)16-25(34)31-23-11-7-9-20-8-5-6-10-22(20)23/h5-6,8,10,12-15,19,23,29H,7,9,11,16H2,1-4H3,(H,31,34)(H,32,35)/t19-,23+/m0/s1. The summed E-state index contributed by atoms with van der Waals surface area (Å²) >= 11 is 0. The van der Waals surface area contributed by atoms with Crippen LogP contribution in [-0.2, 0) is 22.6 Å². The van der Waals surface area contributed by atoms with Gasteiger partial charge in [0, 0.05) is 5.56 Å². The Labute approximate surface area is 211 Å². The van der Waals surface area contributed by atoms with Crippen LogP contribution >= 0.6 is 0 Å². The normalized spacial score (nSPS) is 15.6. The number of carbonyl (C=O) groups is 2. The molecular formula is C28H33N5O3. The molecule has 0 spiro atoms. The zero-order valence-electron chi connectivity index (χ0n) is 21.2. The molecule has 2 amide bonds. The maximum Gasteiger partial charge on any atom is 0.278 e. The number of anilines is 1. The molecule has 188 valence electrons. The first-order valence-electron chi connectivity index (χ1n) is 12.3. The molecular weight excluding hydrogens is 454 g/mol. The van der Waals surface area contributed by atoms with E-state index in [9.17, 15) is 14.4 Å². The monoisotopic (exact) mass is 487 g/mol. The Balaban J connectivity index is 1.68. The lowest BCUT2D eigenvalue weighted by Gasteiger charge is -2.26. The van der Waals surface area contributed by atoms with Crippen molar-refractivity contribution in [1.82, 2.24) is 20.2 Å². The molecule has 4 rings (SSSR count). The molecule has 36 heavy (non-hydrogen) atoms. The van der Waals surface area contributed by atoms with Crippen LogP contribution in [-0.4, -0.2) is 34.5 Å². The van der Waals surface area contributed by atoms with Crippen LogP contribution in [0.5, 0.6) is 0 Å². The van der Waals surface area contributed by atoms with E-state index in [1.165, 1.54) is 16.3 Å². The van der Waals surface area contributed by atoms with E-state index >= 15 is 0 Å². The van der Waals surface area contributed by atoms with E-state index in [1.807, 2.05) is 50.2 Å². The molecule has 8 nitrogen and oxygen atoms in total. The van der Waals surface area contributed by atoms with Crippen molar-refractivity contribution in [2.75, 3.05) is 12.4 Å². The van der Waals surface area contributed by atoms with Gasteiger partial charge < -0.3 is 16.0 Å². The minimum Gasteiger partial charge on any atom is -0.348 e. The van der Waals surface area contributed by atoms with Crippen LogP contribution in [0.4, 0.5) is 5.69 Å². The molecule has 0 fully saturated rings. The number of hydrogen-bond acceptors (Lipinski definition) is 5. The van der Waals surface area contributed by atoms with Crippen LogP contribution in [0, 0.1) is 13.8 Å². The first-order valence-corrected chi connectivity index (χ1v) is 12.3. The summed E-state index contributed by atoms with van der Waals surface area (Å²) in [5, 5.41) is 8.61. The maximum atomic E-state index is 13.5. The number of carbonyl (C=O) groups excluding carboxylic acids is 2. The van der Waals surface area contributed by atoms with Gasteiger partial charge in [0.1, 0.15) is 18.1 Å². The lowest BCUT2D eigenvalue weighted by atomic mass is 9.88. The lowest BCUT2D eigenvalue weighted by Crippen LogP contribution is -2.40. The number of aryl methyl sites for hydroxylation is 3. The largest absolute Gasteiger partial charge is 0.348 e. The van der Waals surface area contributed by atoms with Crippen molar-refractivity contribution in [3.8, 4) is 11.4 Å². The second kappa shape index (κ2) is 10.9. The highest BCUT2D eigenvalue weighted by molar-refractivity contribution is 5.94. The van der Waals surface area contributed by atoms with Crippen molar-refractivity contribution in [1.29, 1.82) is 0 Å². The van der Waals surface area contributed by atoms with Gasteiger partial charge in [-0.3, -0.25) is 19.0 Å². The second-order valence-corrected chi connectivity index (χ2v) is 9.42. The molecule has 1 aromatic heterocycles. The molecule has 0 saturated heterocycles. The van der Waals surface area contributed by atoms with Crippen LogP contribution in [0.2, 0.25) is 0 Å². The summed E-state index contributed by atoms with van der Waals surface area (Å²) in [6, 6.07) is 13.4. The molecule has 1 aliphatic rings. The van der Waals surface area contributed by atoms with Crippen LogP contribution in [0.25, 0.3) is 11.4 Å². The summed E-state index contributed by atoms with van der Waals surface area (Å²) in [6.07, 6.45) is 4.19. The van der Waals surface area contributed by atoms with Crippen molar-refractivity contribution < 1.29 is 9.59 Å². The number of rotatable bonds is 7. The molecule has 1 heterocycles. The van der Waals surface area contributed by atoms with E-state index in [4.69, 9.17) is 0 Å². The Morgan fingerprint density at radius 1 is 1.17 bits per heavy atom. The third-order valence-corrected chi connectivity index (χ3v) is 6.76. The van der Waals surface area contributed by atoms with E-state index < -0.39 is 11.6 Å². The van der Waals surface area contributed by atoms with Gasteiger partial charge >= 0.3 is 0 Å². The molecule has 0 bridgehead atoms. The van der Waals surface area contributed by atoms with Gasteiger partial charge in [-0.05, 0) is 63.8 Å². The number of fused-ring (bicyclic) bond motifs is 1. The van der Waals surface area contributed by atoms with Crippen molar-refractivity contribution in [3.63, 3.8) is 0 Å². The molecule has 0 unspecified atom stereocenters. The number of aromatic nitrogens is 2. The molecule has 2 aromatic carbocycles. The zero-order chi connectivity index (χ0) is 25.8. The third kappa shape index (κ3) is 5.39. The van der Waals surface area contributed by atoms with Gasteiger partial charge in [-0.2, -0.15) is 0 Å². The van der Waals surface area contributed by atoms with Gasteiger partial charge in [0.2, 0.25) is 11.8 Å². The Morgan fingerprint density at radius 2 is 1.94 bits per heavy atom. The number of hydrogen-bond donors (Lipinski definition) is 3. The number of amides is 2. The Kier molecular flexibility index (Phi) is 7.64. The molecule has 1 aliphatic carbocycles. The maximum absolute atomic E-state index is 13.5. The van der Waals surface area contributed by atoms with Crippen LogP contribution in [0.3, 0.4) is 0 Å². The van der Waals surface area contributed by atoms with Gasteiger partial charge in [-0.25, -0.2) is 4.98 Å². The Bertz CT molecular complexity index is 1350. The van der Waals surface area contributed by atoms with Crippen molar-refractivity contribution >= 4 is 17.5 Å². The molecule has 2 atom stereocenters. The fraction of sp³-hybridized carbons (Fsp3) is 0.357. The topological polar surface area (TPSA) is 105 Å². The van der Waals surface area contributed by atoms with E-state index in [2.05, 4.69) is 27.0 Å². The van der Waals surface area contributed by atoms with Crippen molar-refractivity contribution in [3.05, 3.63) is 81.3 Å². The van der Waals surface area contributed by atoms with Gasteiger partial charge in [-0.15, -0.1) is 0 Å². The quantitative estimate of drug-likeness (QED) is 0.474. The van der Waals surface area contributed by atoms with E-state index in [0.29, 0.717) is 5.82 Å². The van der Waals surface area contributed by atoms with Gasteiger partial charge in [0.25, 0.3) is 5.56 Å². The molecule has 3 N–H and O–H groups in total. The number of benzene rings is 2. The highest BCUT2D eigenvalue weighted by Crippen LogP contribution is 2.29. The predicted octanol–water partition coefficient (Wildman–Crippen LogP) is 3.27. The van der Waals surface area contributed by atoms with E-state index in [1.54, 1.807) is 14.0 Å². The van der Waals surface area contributed by atoms with Crippen molar-refractivity contribution in [2.24, 2.45) is 0 Å². The smallest absolute Gasteiger partial charge is 0.278 e. The highest BCUT2D eigenvalue weighted by Gasteiger charge is 2.23. The molecule has 0 saturated carbocycles. The summed E-state index contributed by atoms with van der Waals surface area (Å²) in [5.74, 6) is -0.250. The van der Waals surface area contributed by atoms with E-state index in [0.717, 1.165) is 41.5 Å². The Hall–Kier alpha value is -3.78. The average Bonchev–Trinajstić information content (AvgIpc) is 2.86. The summed E-state index contributed by atoms with van der Waals surface area (Å²) < 4.78 is 1.35. The highest BCUT2D eigenvalue weighted by atomic mass is 16.2. The minimum absolute atomic E-state index is 0.0337. The van der Waals surface area contributed by atoms with E-state index in [-0.39, 0.29) is 30.1 Å². The third-order valence-electron chi connectivity index (χ3n) is 6.76. The average molecular weight is 488 g/mol. The summed E-state index contributed by atoms with van der Waals surface area (Å²) in [6.45, 7) is 5.43. The van der Waals surface area contributed by atoms with Gasteiger partial charge in [0.05, 0.1) is 18.3 Å². The summed E-state index contributed by atoms with van der Waals surface area (Å²) in [7, 11) is 1.66. The lowest BCUT2D eigenvalue weighted by molar-refractivity contribution is -0.122. The van der Waals surface area contributed by atoms with Crippen molar-refractivity contribution in [2.45, 2.75) is 58.7 Å². The van der Waals surface area contributed by atoms with Crippen LogP contribution < -0.4 is 21.5 Å². The van der Waals surface area contributed by atoms with Gasteiger partial charge in [0.15, 0.2) is 0 Å². The first-order chi connectivity index (χ1) is 17.3. The number of nitrogens with one attached hydrogen (secondary N) is 3.